The van der Waals surface area contributed by atoms with Gasteiger partial charge in [0.2, 0.25) is 11.9 Å². The summed E-state index contributed by atoms with van der Waals surface area (Å²) < 4.78 is 26.2. The maximum Gasteiger partial charge on any atom is 0.242 e. The second-order valence-electron chi connectivity index (χ2n) is 7.88. The van der Waals surface area contributed by atoms with Crippen LogP contribution in [0.4, 0.5) is 5.95 Å². The van der Waals surface area contributed by atoms with Gasteiger partial charge in [-0.15, -0.1) is 5.10 Å². The number of hydrogen-bond acceptors (Lipinski definition) is 7. The monoisotopic (exact) mass is 450 g/mol. The van der Waals surface area contributed by atoms with Gasteiger partial charge in [-0.3, -0.25) is 4.79 Å². The minimum Gasteiger partial charge on any atom is -0.354 e. The van der Waals surface area contributed by atoms with Gasteiger partial charge in [0.1, 0.15) is 6.04 Å². The van der Waals surface area contributed by atoms with Crippen LogP contribution < -0.4 is 10.6 Å². The first kappa shape index (κ1) is 20.4. The summed E-state index contributed by atoms with van der Waals surface area (Å²) in [5.74, 6) is 0.585. The van der Waals surface area contributed by atoms with E-state index in [1.54, 1.807) is 28.8 Å². The molecular weight excluding hydrogens is 428 g/mol. The predicted octanol–water partition coefficient (Wildman–Crippen LogP) is 2.43. The average molecular weight is 451 g/mol. The standard InChI is InChI=1S/C22H22N6O3S/c1-32(30,31)18-12-5-3-9-15(18)19-26-20-14-8-2-4-10-16(14)24-22(28(20)27-19)25-17-11-6-7-13-23-21(17)29/h2-5,8-10,12,17H,6-7,11,13H2,1H3,(H,23,29)(H,24,25)/t17-/m1/s1. The zero-order valence-corrected chi connectivity index (χ0v) is 18.3. The molecule has 0 radical (unpaired) electrons. The highest BCUT2D eigenvalue weighted by Crippen LogP contribution is 2.28. The molecule has 2 aromatic carbocycles. The van der Waals surface area contributed by atoms with Gasteiger partial charge >= 0.3 is 0 Å². The first-order chi connectivity index (χ1) is 15.4. The van der Waals surface area contributed by atoms with Crippen molar-refractivity contribution >= 4 is 38.2 Å². The summed E-state index contributed by atoms with van der Waals surface area (Å²) in [5, 5.41) is 11.5. The van der Waals surface area contributed by atoms with E-state index in [0.717, 1.165) is 24.5 Å². The Morgan fingerprint density at radius 1 is 1.06 bits per heavy atom. The number of nitrogens with zero attached hydrogens (tertiary/aromatic N) is 4. The number of amides is 1. The van der Waals surface area contributed by atoms with Crippen molar-refractivity contribution in [1.29, 1.82) is 0 Å². The Morgan fingerprint density at radius 3 is 2.69 bits per heavy atom. The van der Waals surface area contributed by atoms with Crippen LogP contribution in [-0.2, 0) is 14.6 Å². The lowest BCUT2D eigenvalue weighted by Crippen LogP contribution is -2.38. The molecule has 1 amide bonds. The van der Waals surface area contributed by atoms with Crippen LogP contribution in [0.25, 0.3) is 27.9 Å². The van der Waals surface area contributed by atoms with E-state index in [1.165, 1.54) is 0 Å². The lowest BCUT2D eigenvalue weighted by Gasteiger charge is -2.16. The molecule has 0 spiro atoms. The minimum absolute atomic E-state index is 0.0756. The van der Waals surface area contributed by atoms with Crippen molar-refractivity contribution in [3.63, 3.8) is 0 Å². The van der Waals surface area contributed by atoms with Crippen LogP contribution in [0.15, 0.2) is 53.4 Å². The van der Waals surface area contributed by atoms with Crippen LogP contribution in [-0.4, -0.2) is 52.7 Å². The number of anilines is 1. The second-order valence-corrected chi connectivity index (χ2v) is 9.86. The normalized spacial score (nSPS) is 17.3. The maximum absolute atomic E-state index is 12.5. The van der Waals surface area contributed by atoms with Crippen molar-refractivity contribution in [1.82, 2.24) is 24.9 Å². The van der Waals surface area contributed by atoms with Crippen molar-refractivity contribution in [2.75, 3.05) is 18.1 Å². The van der Waals surface area contributed by atoms with Crippen molar-refractivity contribution in [3.8, 4) is 11.4 Å². The first-order valence-electron chi connectivity index (χ1n) is 10.4. The van der Waals surface area contributed by atoms with Crippen LogP contribution in [0.5, 0.6) is 0 Å². The van der Waals surface area contributed by atoms with E-state index in [1.807, 2.05) is 24.3 Å². The minimum atomic E-state index is -3.48. The third-order valence-corrected chi connectivity index (χ3v) is 6.70. The van der Waals surface area contributed by atoms with E-state index in [0.29, 0.717) is 35.6 Å². The van der Waals surface area contributed by atoms with Crippen LogP contribution in [0.3, 0.4) is 0 Å². The lowest BCUT2D eigenvalue weighted by molar-refractivity contribution is -0.121. The van der Waals surface area contributed by atoms with Gasteiger partial charge in [-0.1, -0.05) is 24.3 Å². The predicted molar refractivity (Wildman–Crippen MR) is 121 cm³/mol. The van der Waals surface area contributed by atoms with Crippen LogP contribution in [0, 0.1) is 0 Å². The molecule has 164 valence electrons. The van der Waals surface area contributed by atoms with E-state index >= 15 is 0 Å². The third-order valence-electron chi connectivity index (χ3n) is 5.55. The average Bonchev–Trinajstić information content (AvgIpc) is 3.13. The second kappa shape index (κ2) is 7.86. The molecule has 10 heteroatoms. The molecule has 2 N–H and O–H groups in total. The van der Waals surface area contributed by atoms with Gasteiger partial charge < -0.3 is 10.6 Å². The summed E-state index contributed by atoms with van der Waals surface area (Å²) in [7, 11) is -3.48. The molecule has 4 aromatic rings. The smallest absolute Gasteiger partial charge is 0.242 e. The number of fused-ring (bicyclic) bond motifs is 3. The Kier molecular flexibility index (Phi) is 5.01. The Hall–Kier alpha value is -3.53. The molecule has 0 unspecified atom stereocenters. The van der Waals surface area contributed by atoms with Gasteiger partial charge in [-0.25, -0.2) is 18.4 Å². The van der Waals surface area contributed by atoms with E-state index in [4.69, 9.17) is 4.98 Å². The first-order valence-corrected chi connectivity index (χ1v) is 12.3. The van der Waals surface area contributed by atoms with Crippen LogP contribution >= 0.6 is 0 Å². The summed E-state index contributed by atoms with van der Waals surface area (Å²) in [4.78, 5) is 22.0. The number of aromatic nitrogens is 4. The molecule has 1 aliphatic heterocycles. The Labute approximate surface area is 184 Å². The number of para-hydroxylation sites is 1. The summed E-state index contributed by atoms with van der Waals surface area (Å²) >= 11 is 0. The highest BCUT2D eigenvalue weighted by Gasteiger charge is 2.24. The molecule has 0 aliphatic carbocycles. The van der Waals surface area contributed by atoms with Crippen LogP contribution in [0.2, 0.25) is 0 Å². The van der Waals surface area contributed by atoms with E-state index in [-0.39, 0.29) is 16.6 Å². The SMILES string of the molecule is CS(=O)(=O)c1ccccc1-c1nc2c3ccccc3nc(N[C@@H]3CCCCNC3=O)n2n1. The van der Waals surface area contributed by atoms with E-state index in [2.05, 4.69) is 20.7 Å². The highest BCUT2D eigenvalue weighted by atomic mass is 32.2. The summed E-state index contributed by atoms with van der Waals surface area (Å²) in [6.07, 6.45) is 3.69. The van der Waals surface area contributed by atoms with Crippen LogP contribution in [0.1, 0.15) is 19.3 Å². The number of carbonyl (C=O) groups excluding carboxylic acids is 1. The zero-order valence-electron chi connectivity index (χ0n) is 17.4. The molecule has 0 bridgehead atoms. The largest absolute Gasteiger partial charge is 0.354 e. The number of hydrogen-bond donors (Lipinski definition) is 2. The van der Waals surface area contributed by atoms with Gasteiger partial charge in [0, 0.05) is 23.8 Å². The Morgan fingerprint density at radius 2 is 1.84 bits per heavy atom. The van der Waals surface area contributed by atoms with Crippen molar-refractivity contribution in [2.45, 2.75) is 30.2 Å². The molecule has 5 rings (SSSR count). The Balaban J connectivity index is 1.70. The summed E-state index contributed by atoms with van der Waals surface area (Å²) in [5.41, 5.74) is 1.65. The van der Waals surface area contributed by atoms with Gasteiger partial charge in [0.15, 0.2) is 21.3 Å². The third kappa shape index (κ3) is 3.66. The Bertz CT molecular complexity index is 1450. The highest BCUT2D eigenvalue weighted by molar-refractivity contribution is 7.90. The molecule has 9 nitrogen and oxygen atoms in total. The van der Waals surface area contributed by atoms with E-state index < -0.39 is 15.9 Å². The number of benzene rings is 2. The zero-order chi connectivity index (χ0) is 22.3. The fraction of sp³-hybridized carbons (Fsp3) is 0.273. The summed E-state index contributed by atoms with van der Waals surface area (Å²) in [6.45, 7) is 0.660. The van der Waals surface area contributed by atoms with Crippen molar-refractivity contribution in [3.05, 3.63) is 48.5 Å². The molecule has 3 heterocycles. The molecule has 1 saturated heterocycles. The van der Waals surface area contributed by atoms with Gasteiger partial charge in [0.05, 0.1) is 10.4 Å². The van der Waals surface area contributed by atoms with E-state index in [9.17, 15) is 13.2 Å². The lowest BCUT2D eigenvalue weighted by atomic mass is 10.1. The number of rotatable bonds is 4. The number of carbonyl (C=O) groups is 1. The molecule has 1 aliphatic rings. The molecule has 0 saturated carbocycles. The molecule has 1 atom stereocenters. The molecule has 32 heavy (non-hydrogen) atoms. The molecule has 2 aromatic heterocycles. The van der Waals surface area contributed by atoms with Gasteiger partial charge in [-0.05, 0) is 43.5 Å². The maximum atomic E-state index is 12.5. The molecule has 1 fully saturated rings. The number of sulfone groups is 1. The fourth-order valence-corrected chi connectivity index (χ4v) is 4.86. The molecular formula is C22H22N6O3S. The van der Waals surface area contributed by atoms with Crippen molar-refractivity contribution in [2.24, 2.45) is 0 Å². The fourth-order valence-electron chi connectivity index (χ4n) is 3.97. The quantitative estimate of drug-likeness (QED) is 0.490. The van der Waals surface area contributed by atoms with Gasteiger partial charge in [-0.2, -0.15) is 4.52 Å². The van der Waals surface area contributed by atoms with Gasteiger partial charge in [0.25, 0.3) is 0 Å². The topological polar surface area (TPSA) is 118 Å². The van der Waals surface area contributed by atoms with Crippen molar-refractivity contribution < 1.29 is 13.2 Å². The summed E-state index contributed by atoms with van der Waals surface area (Å²) in [6, 6.07) is 13.7. The number of nitrogens with one attached hydrogen (secondary N) is 2.